The normalized spacial score (nSPS) is 23.4. The van der Waals surface area contributed by atoms with E-state index in [0.29, 0.717) is 17.7 Å². The second-order valence-electron chi connectivity index (χ2n) is 4.39. The Kier molecular flexibility index (Phi) is 3.81. The molecule has 10 heteroatoms. The first-order chi connectivity index (χ1) is 9.54. The van der Waals surface area contributed by atoms with E-state index in [1.54, 1.807) is 24.8 Å². The number of nitrogen functional groups attached to an aromatic ring is 1. The minimum Gasteiger partial charge on any atom is -0.368 e. The molecule has 0 radical (unpaired) electrons. The number of imidazole rings is 1. The molecule has 7 nitrogen and oxygen atoms in total. The van der Waals surface area contributed by atoms with Crippen LogP contribution in [0.5, 0.6) is 0 Å². The summed E-state index contributed by atoms with van der Waals surface area (Å²) in [6, 6.07) is 0. The van der Waals surface area contributed by atoms with Crippen LogP contribution in [0.15, 0.2) is 6.33 Å². The number of anilines is 1. The van der Waals surface area contributed by atoms with Gasteiger partial charge in [-0.05, 0) is 0 Å². The molecule has 1 aliphatic rings. The highest BCUT2D eigenvalue weighted by molar-refractivity contribution is 8.04. The van der Waals surface area contributed by atoms with Crippen LogP contribution >= 0.6 is 31.2 Å². The third-order valence-corrected chi connectivity index (χ3v) is 6.15. The first-order valence-corrected chi connectivity index (χ1v) is 9.05. The zero-order chi connectivity index (χ0) is 14.3. The third kappa shape index (κ3) is 2.61. The molecule has 3 unspecified atom stereocenters. The van der Waals surface area contributed by atoms with Gasteiger partial charge in [-0.1, -0.05) is 27.9 Å². The number of thioether (sulfide) groups is 1. The largest absolute Gasteiger partial charge is 0.378 e. The van der Waals surface area contributed by atoms with Gasteiger partial charge in [-0.3, -0.25) is 0 Å². The number of aromatic nitrogens is 4. The Morgan fingerprint density at radius 3 is 3.15 bits per heavy atom. The molecular weight excluding hydrogens is 321 g/mol. The number of hydrogen-bond donors (Lipinski definition) is 1. The lowest BCUT2D eigenvalue weighted by molar-refractivity contribution is 0.0910. The molecule has 0 aromatic carbocycles. The van der Waals surface area contributed by atoms with Crippen molar-refractivity contribution in [1.29, 1.82) is 0 Å². The summed E-state index contributed by atoms with van der Waals surface area (Å²) in [6.07, 6.45) is 1.61. The van der Waals surface area contributed by atoms with E-state index in [4.69, 9.17) is 22.1 Å². The number of rotatable bonds is 3. The first-order valence-electron chi connectivity index (χ1n) is 5.85. The highest BCUT2D eigenvalue weighted by Crippen LogP contribution is 2.40. The molecule has 0 amide bonds. The van der Waals surface area contributed by atoms with E-state index in [9.17, 15) is 4.57 Å². The molecule has 0 bridgehead atoms. The molecule has 1 fully saturated rings. The van der Waals surface area contributed by atoms with Crippen molar-refractivity contribution in [3.05, 3.63) is 11.5 Å². The van der Waals surface area contributed by atoms with E-state index in [-0.39, 0.29) is 22.4 Å². The van der Waals surface area contributed by atoms with Crippen LogP contribution < -0.4 is 5.73 Å². The van der Waals surface area contributed by atoms with Crippen molar-refractivity contribution in [2.75, 3.05) is 18.2 Å². The third-order valence-electron chi connectivity index (χ3n) is 2.87. The fraction of sp³-hybridized carbons (Fsp3) is 0.500. The number of fused-ring (bicyclic) bond motifs is 1. The fourth-order valence-electron chi connectivity index (χ4n) is 2.00. The van der Waals surface area contributed by atoms with Gasteiger partial charge in [0.25, 0.3) is 0 Å². The zero-order valence-electron chi connectivity index (χ0n) is 10.6. The topological polar surface area (TPSA) is 95.9 Å². The van der Waals surface area contributed by atoms with Gasteiger partial charge in [-0.15, -0.1) is 0 Å². The Morgan fingerprint density at radius 2 is 2.45 bits per heavy atom. The quantitative estimate of drug-likeness (QED) is 0.677. The van der Waals surface area contributed by atoms with Crippen LogP contribution in [0.2, 0.25) is 5.15 Å². The molecule has 3 rings (SSSR count). The number of hydrogen-bond acceptors (Lipinski definition) is 7. The maximum atomic E-state index is 11.4. The molecule has 1 saturated heterocycles. The highest BCUT2D eigenvalue weighted by Gasteiger charge is 2.37. The number of nitrogens with zero attached hydrogens (tertiary/aromatic N) is 4. The average molecular weight is 333 g/mol. The molecule has 2 aromatic heterocycles. The van der Waals surface area contributed by atoms with E-state index in [0.717, 1.165) is 5.75 Å². The Bertz CT molecular complexity index is 681. The van der Waals surface area contributed by atoms with Crippen LogP contribution in [-0.2, 0) is 15.8 Å². The maximum Gasteiger partial charge on any atom is 0.378 e. The summed E-state index contributed by atoms with van der Waals surface area (Å²) >= 11 is 7.54. The fourth-order valence-corrected chi connectivity index (χ4v) is 4.46. The van der Waals surface area contributed by atoms with Crippen molar-refractivity contribution < 1.29 is 9.30 Å². The van der Waals surface area contributed by atoms with E-state index in [2.05, 4.69) is 15.0 Å². The number of halogens is 1. The van der Waals surface area contributed by atoms with E-state index in [1.807, 2.05) is 4.57 Å². The molecule has 106 valence electrons. The van der Waals surface area contributed by atoms with Gasteiger partial charge < -0.3 is 15.0 Å². The van der Waals surface area contributed by atoms with Crippen molar-refractivity contribution in [3.63, 3.8) is 0 Å². The summed E-state index contributed by atoms with van der Waals surface area (Å²) in [5, 5.41) is 0.00977. The minimum absolute atomic E-state index is 0.0312. The van der Waals surface area contributed by atoms with Gasteiger partial charge in [0.2, 0.25) is 5.95 Å². The second-order valence-corrected chi connectivity index (χ2v) is 7.75. The predicted octanol–water partition coefficient (Wildman–Crippen LogP) is 1.93. The van der Waals surface area contributed by atoms with Crippen LogP contribution in [0.25, 0.3) is 11.2 Å². The Hall–Kier alpha value is -0.950. The van der Waals surface area contributed by atoms with Crippen molar-refractivity contribution in [2.24, 2.45) is 0 Å². The molecule has 2 aromatic rings. The SMILES string of the molecule is C[P+](=O)C1OC(Cn2cnc3c(Cl)nc(N)nc32)CS1. The molecule has 3 atom stereocenters. The standard InChI is InChI=1S/C10H12ClN5O2PS/c1-19(17)10-18-5(3-20-10)2-16-4-13-6-7(11)14-9(12)15-8(6)16/h4-5,10H,2-3H2,1H3,(H2,12,14,15)/q+1. The van der Waals surface area contributed by atoms with Crippen molar-refractivity contribution in [1.82, 2.24) is 19.5 Å². The maximum absolute atomic E-state index is 11.4. The smallest absolute Gasteiger partial charge is 0.368 e. The molecule has 1 aliphatic heterocycles. The lowest BCUT2D eigenvalue weighted by Gasteiger charge is -2.09. The summed E-state index contributed by atoms with van der Waals surface area (Å²) in [5.41, 5.74) is 6.70. The summed E-state index contributed by atoms with van der Waals surface area (Å²) in [4.78, 5) is 12.2. The van der Waals surface area contributed by atoms with Gasteiger partial charge in [0.1, 0.15) is 12.2 Å². The van der Waals surface area contributed by atoms with Gasteiger partial charge in [-0.25, -0.2) is 4.98 Å². The summed E-state index contributed by atoms with van der Waals surface area (Å²) in [6.45, 7) is 2.24. The molecule has 3 heterocycles. The predicted molar refractivity (Wildman–Crippen MR) is 79.4 cm³/mol. The number of nitrogens with two attached hydrogens (primary N) is 1. The van der Waals surface area contributed by atoms with Crippen LogP contribution in [-0.4, -0.2) is 43.2 Å². The molecule has 20 heavy (non-hydrogen) atoms. The Balaban J connectivity index is 1.84. The van der Waals surface area contributed by atoms with Gasteiger partial charge in [0.15, 0.2) is 10.8 Å². The monoisotopic (exact) mass is 332 g/mol. The van der Waals surface area contributed by atoms with Crippen molar-refractivity contribution >= 4 is 48.3 Å². The second kappa shape index (κ2) is 5.44. The minimum atomic E-state index is -1.34. The highest BCUT2D eigenvalue weighted by atomic mass is 35.5. The number of ether oxygens (including phenoxy) is 1. The summed E-state index contributed by atoms with van der Waals surface area (Å²) in [7, 11) is -1.34. The van der Waals surface area contributed by atoms with Gasteiger partial charge in [0, 0.05) is 5.75 Å². The van der Waals surface area contributed by atoms with E-state index < -0.39 is 7.80 Å². The van der Waals surface area contributed by atoms with Crippen LogP contribution in [0.4, 0.5) is 5.95 Å². The molecule has 0 saturated carbocycles. The van der Waals surface area contributed by atoms with E-state index in [1.165, 1.54) is 0 Å². The van der Waals surface area contributed by atoms with Crippen LogP contribution in [0.1, 0.15) is 0 Å². The summed E-state index contributed by atoms with van der Waals surface area (Å²) < 4.78 is 19.0. The molecule has 0 aliphatic carbocycles. The van der Waals surface area contributed by atoms with Crippen molar-refractivity contribution in [2.45, 2.75) is 17.8 Å². The van der Waals surface area contributed by atoms with E-state index >= 15 is 0 Å². The lowest BCUT2D eigenvalue weighted by Crippen LogP contribution is -2.18. The Morgan fingerprint density at radius 1 is 1.65 bits per heavy atom. The van der Waals surface area contributed by atoms with Gasteiger partial charge in [0.05, 0.1) is 19.0 Å². The first kappa shape index (κ1) is 14.0. The zero-order valence-corrected chi connectivity index (χ0v) is 13.0. The van der Waals surface area contributed by atoms with Crippen LogP contribution in [0, 0.1) is 0 Å². The lowest BCUT2D eigenvalue weighted by atomic mass is 10.4. The van der Waals surface area contributed by atoms with Gasteiger partial charge in [-0.2, -0.15) is 9.97 Å². The molecule has 2 N–H and O–H groups in total. The Labute approximate surface area is 125 Å². The molecule has 0 spiro atoms. The van der Waals surface area contributed by atoms with Gasteiger partial charge >= 0.3 is 13.0 Å². The summed E-state index contributed by atoms with van der Waals surface area (Å²) in [5.74, 6) is 0.897. The van der Waals surface area contributed by atoms with Crippen molar-refractivity contribution in [3.8, 4) is 0 Å². The average Bonchev–Trinajstić information content (AvgIpc) is 2.98. The molecular formula is C10H12ClN5O2PS+. The van der Waals surface area contributed by atoms with Crippen LogP contribution in [0.3, 0.4) is 0 Å².